The Morgan fingerprint density at radius 2 is 2.19 bits per heavy atom. The molecule has 0 radical (unpaired) electrons. The van der Waals surface area contributed by atoms with Gasteiger partial charge in [0.15, 0.2) is 0 Å². The molecule has 21 heavy (non-hydrogen) atoms. The third-order valence-electron chi connectivity index (χ3n) is 3.10. The van der Waals surface area contributed by atoms with E-state index in [1.54, 1.807) is 38.1 Å². The number of hydrogen-bond donors (Lipinski definition) is 0. The van der Waals surface area contributed by atoms with Crippen LogP contribution in [0.2, 0.25) is 0 Å². The van der Waals surface area contributed by atoms with E-state index in [2.05, 4.69) is 4.98 Å². The molecule has 0 saturated heterocycles. The molecule has 2 rings (SSSR count). The van der Waals surface area contributed by atoms with E-state index in [-0.39, 0.29) is 12.3 Å². The molecular formula is C15H13N3O3. The van der Waals surface area contributed by atoms with Crippen LogP contribution in [0.1, 0.15) is 22.4 Å². The van der Waals surface area contributed by atoms with Crippen LogP contribution in [-0.2, 0) is 6.61 Å². The van der Waals surface area contributed by atoms with E-state index in [1.165, 1.54) is 6.20 Å². The Kier molecular flexibility index (Phi) is 4.14. The number of hydrogen-bond acceptors (Lipinski definition) is 5. The van der Waals surface area contributed by atoms with Gasteiger partial charge < -0.3 is 4.74 Å². The molecule has 0 amide bonds. The zero-order chi connectivity index (χ0) is 15.4. The highest BCUT2D eigenvalue weighted by Crippen LogP contribution is 2.25. The third kappa shape index (κ3) is 3.15. The van der Waals surface area contributed by atoms with Crippen molar-refractivity contribution in [2.75, 3.05) is 0 Å². The molecule has 0 N–H and O–H groups in total. The lowest BCUT2D eigenvalue weighted by molar-refractivity contribution is -0.386. The van der Waals surface area contributed by atoms with E-state index in [4.69, 9.17) is 10.00 Å². The predicted octanol–water partition coefficient (Wildman–Crippen LogP) is 3.06. The molecule has 0 unspecified atom stereocenters. The fraction of sp³-hybridized carbons (Fsp3) is 0.200. The van der Waals surface area contributed by atoms with Crippen LogP contribution >= 0.6 is 0 Å². The summed E-state index contributed by atoms with van der Waals surface area (Å²) < 4.78 is 5.55. The molecule has 0 aliphatic heterocycles. The topological polar surface area (TPSA) is 89.0 Å². The minimum atomic E-state index is -0.411. The van der Waals surface area contributed by atoms with E-state index in [0.29, 0.717) is 28.1 Å². The van der Waals surface area contributed by atoms with Crippen molar-refractivity contribution in [3.63, 3.8) is 0 Å². The van der Waals surface area contributed by atoms with E-state index in [1.807, 2.05) is 6.07 Å². The van der Waals surface area contributed by atoms with Gasteiger partial charge in [0, 0.05) is 11.8 Å². The van der Waals surface area contributed by atoms with Gasteiger partial charge in [-0.3, -0.25) is 15.1 Å². The molecule has 0 fully saturated rings. The Balaban J connectivity index is 2.23. The van der Waals surface area contributed by atoms with Gasteiger partial charge in [0.25, 0.3) is 5.69 Å². The molecule has 1 heterocycles. The summed E-state index contributed by atoms with van der Waals surface area (Å²) in [5.74, 6) is 0.526. The van der Waals surface area contributed by atoms with E-state index < -0.39 is 4.92 Å². The first-order valence-corrected chi connectivity index (χ1v) is 6.25. The zero-order valence-electron chi connectivity index (χ0n) is 11.7. The number of pyridine rings is 1. The molecular weight excluding hydrogens is 270 g/mol. The van der Waals surface area contributed by atoms with Crippen LogP contribution < -0.4 is 4.74 Å². The van der Waals surface area contributed by atoms with Gasteiger partial charge >= 0.3 is 0 Å². The smallest absolute Gasteiger partial charge is 0.278 e. The number of ether oxygens (including phenoxy) is 1. The van der Waals surface area contributed by atoms with Crippen LogP contribution in [0.3, 0.4) is 0 Å². The first-order valence-electron chi connectivity index (χ1n) is 6.25. The summed E-state index contributed by atoms with van der Waals surface area (Å²) in [5.41, 5.74) is 2.08. The summed E-state index contributed by atoms with van der Waals surface area (Å²) in [4.78, 5) is 14.8. The molecule has 0 aliphatic carbocycles. The van der Waals surface area contributed by atoms with Crippen molar-refractivity contribution in [2.24, 2.45) is 0 Å². The maximum Gasteiger partial charge on any atom is 0.278 e. The maximum atomic E-state index is 11.1. The quantitative estimate of drug-likeness (QED) is 0.635. The van der Waals surface area contributed by atoms with Gasteiger partial charge in [0.1, 0.15) is 12.4 Å². The van der Waals surface area contributed by atoms with E-state index in [0.717, 1.165) is 0 Å². The predicted molar refractivity (Wildman–Crippen MR) is 75.9 cm³/mol. The summed E-state index contributed by atoms with van der Waals surface area (Å²) in [6.07, 6.45) is 1.47. The lowest BCUT2D eigenvalue weighted by Crippen LogP contribution is -2.05. The zero-order valence-corrected chi connectivity index (χ0v) is 11.7. The van der Waals surface area contributed by atoms with Crippen LogP contribution in [0, 0.1) is 35.3 Å². The maximum absolute atomic E-state index is 11.1. The molecule has 0 spiro atoms. The highest BCUT2D eigenvalue weighted by molar-refractivity contribution is 5.47. The Morgan fingerprint density at radius 3 is 2.86 bits per heavy atom. The summed E-state index contributed by atoms with van der Waals surface area (Å²) in [6, 6.07) is 8.74. The molecule has 0 aliphatic rings. The van der Waals surface area contributed by atoms with Gasteiger partial charge in [-0.15, -0.1) is 0 Å². The number of nitro groups is 1. The van der Waals surface area contributed by atoms with Gasteiger partial charge in [-0.05, 0) is 32.0 Å². The Hall–Kier alpha value is -2.94. The molecule has 2 aromatic rings. The highest BCUT2D eigenvalue weighted by atomic mass is 16.6. The molecule has 0 bridgehead atoms. The van der Waals surface area contributed by atoms with Crippen molar-refractivity contribution in [1.29, 1.82) is 5.26 Å². The molecule has 1 aromatic heterocycles. The SMILES string of the molecule is Cc1cnc(COc2cccc(C#N)c2)c(C)c1[N+](=O)[O-]. The van der Waals surface area contributed by atoms with Crippen LogP contribution in [0.25, 0.3) is 0 Å². The molecule has 0 atom stereocenters. The van der Waals surface area contributed by atoms with Crippen molar-refractivity contribution in [2.45, 2.75) is 20.5 Å². The summed E-state index contributed by atoms with van der Waals surface area (Å²) in [5, 5.41) is 19.9. The van der Waals surface area contributed by atoms with Crippen LogP contribution in [0.4, 0.5) is 5.69 Å². The van der Waals surface area contributed by atoms with Gasteiger partial charge in [0.2, 0.25) is 0 Å². The van der Waals surface area contributed by atoms with Gasteiger partial charge in [0.05, 0.1) is 27.8 Å². The summed E-state index contributed by atoms with van der Waals surface area (Å²) in [6.45, 7) is 3.42. The van der Waals surface area contributed by atoms with Crippen LogP contribution in [0.5, 0.6) is 5.75 Å². The average Bonchev–Trinajstić information content (AvgIpc) is 2.46. The normalized spacial score (nSPS) is 9.95. The Morgan fingerprint density at radius 1 is 1.43 bits per heavy atom. The second-order valence-corrected chi connectivity index (χ2v) is 4.55. The minimum Gasteiger partial charge on any atom is -0.487 e. The Bertz CT molecular complexity index is 735. The number of benzene rings is 1. The third-order valence-corrected chi connectivity index (χ3v) is 3.10. The van der Waals surface area contributed by atoms with Crippen molar-refractivity contribution < 1.29 is 9.66 Å². The van der Waals surface area contributed by atoms with Gasteiger partial charge in [-0.2, -0.15) is 5.26 Å². The largest absolute Gasteiger partial charge is 0.487 e. The second kappa shape index (κ2) is 6.01. The number of nitrogens with zero attached hydrogens (tertiary/aromatic N) is 3. The average molecular weight is 283 g/mol. The Labute approximate surface area is 121 Å². The molecule has 6 nitrogen and oxygen atoms in total. The number of aryl methyl sites for hydroxylation is 1. The highest BCUT2D eigenvalue weighted by Gasteiger charge is 2.18. The first kappa shape index (κ1) is 14.5. The van der Waals surface area contributed by atoms with E-state index >= 15 is 0 Å². The molecule has 0 saturated carbocycles. The van der Waals surface area contributed by atoms with Crippen molar-refractivity contribution >= 4 is 5.69 Å². The monoisotopic (exact) mass is 283 g/mol. The van der Waals surface area contributed by atoms with Crippen LogP contribution in [0.15, 0.2) is 30.5 Å². The minimum absolute atomic E-state index is 0.0642. The van der Waals surface area contributed by atoms with Gasteiger partial charge in [-0.25, -0.2) is 0 Å². The van der Waals surface area contributed by atoms with Gasteiger partial charge in [-0.1, -0.05) is 6.07 Å². The number of nitriles is 1. The lowest BCUT2D eigenvalue weighted by atomic mass is 10.1. The summed E-state index contributed by atoms with van der Waals surface area (Å²) >= 11 is 0. The van der Waals surface area contributed by atoms with Crippen molar-refractivity contribution in [3.05, 3.63) is 63.0 Å². The number of aromatic nitrogens is 1. The fourth-order valence-electron chi connectivity index (χ4n) is 2.00. The fourth-order valence-corrected chi connectivity index (χ4v) is 2.00. The number of rotatable bonds is 4. The molecule has 106 valence electrons. The van der Waals surface area contributed by atoms with Crippen molar-refractivity contribution in [1.82, 2.24) is 4.98 Å². The molecule has 1 aromatic carbocycles. The van der Waals surface area contributed by atoms with E-state index in [9.17, 15) is 10.1 Å². The lowest BCUT2D eigenvalue weighted by Gasteiger charge is -2.09. The standard InChI is InChI=1S/C15H13N3O3/c1-10-8-17-14(11(2)15(10)18(19)20)9-21-13-5-3-4-12(6-13)7-16/h3-6,8H,9H2,1-2H3. The second-order valence-electron chi connectivity index (χ2n) is 4.55. The first-order chi connectivity index (χ1) is 10.0. The van der Waals surface area contributed by atoms with Crippen molar-refractivity contribution in [3.8, 4) is 11.8 Å². The summed E-state index contributed by atoms with van der Waals surface area (Å²) in [7, 11) is 0. The molecule has 6 heteroatoms. The van der Waals surface area contributed by atoms with Crippen LogP contribution in [-0.4, -0.2) is 9.91 Å².